The summed E-state index contributed by atoms with van der Waals surface area (Å²) in [6.45, 7) is 4.79. The van der Waals surface area contributed by atoms with E-state index in [2.05, 4.69) is 10.00 Å². The maximum absolute atomic E-state index is 12.1. The Kier molecular flexibility index (Phi) is 5.38. The van der Waals surface area contributed by atoms with Crippen molar-refractivity contribution < 1.29 is 4.79 Å². The first-order valence-corrected chi connectivity index (χ1v) is 8.85. The molecule has 0 atom stereocenters. The summed E-state index contributed by atoms with van der Waals surface area (Å²) in [5, 5.41) is 5.10. The predicted molar refractivity (Wildman–Crippen MR) is 98.5 cm³/mol. The second kappa shape index (κ2) is 7.70. The van der Waals surface area contributed by atoms with Gasteiger partial charge in [-0.3, -0.25) is 9.59 Å². The van der Waals surface area contributed by atoms with Gasteiger partial charge in [0.25, 0.3) is 5.56 Å². The van der Waals surface area contributed by atoms with E-state index < -0.39 is 0 Å². The lowest BCUT2D eigenvalue weighted by Crippen LogP contribution is -2.49. The van der Waals surface area contributed by atoms with E-state index in [4.69, 9.17) is 11.6 Å². The highest BCUT2D eigenvalue weighted by Gasteiger charge is 2.21. The zero-order valence-electron chi connectivity index (χ0n) is 14.2. The number of benzene rings is 1. The lowest BCUT2D eigenvalue weighted by Gasteiger charge is -2.35. The summed E-state index contributed by atoms with van der Waals surface area (Å²) in [5.41, 5.74) is 0.482. The van der Waals surface area contributed by atoms with Gasteiger partial charge in [0.2, 0.25) is 5.91 Å². The van der Waals surface area contributed by atoms with Crippen molar-refractivity contribution in [3.8, 4) is 5.69 Å². The molecule has 6 nitrogen and oxygen atoms in total. The highest BCUT2D eigenvalue weighted by atomic mass is 35.5. The number of carbonyl (C=O) groups is 1. The molecule has 25 heavy (non-hydrogen) atoms. The number of aromatic nitrogens is 2. The number of hydrogen-bond donors (Lipinski definition) is 0. The normalized spacial score (nSPS) is 14.6. The molecule has 0 saturated carbocycles. The molecule has 1 aliphatic heterocycles. The highest BCUT2D eigenvalue weighted by Crippen LogP contribution is 2.15. The molecular formula is C18H21ClN4O2. The van der Waals surface area contributed by atoms with E-state index in [0.29, 0.717) is 43.3 Å². The fraction of sp³-hybridized carbons (Fsp3) is 0.389. The van der Waals surface area contributed by atoms with E-state index >= 15 is 0 Å². The topological polar surface area (TPSA) is 58.4 Å². The van der Waals surface area contributed by atoms with E-state index in [-0.39, 0.29) is 11.5 Å². The number of piperazine rings is 1. The van der Waals surface area contributed by atoms with Crippen molar-refractivity contribution >= 4 is 23.3 Å². The van der Waals surface area contributed by atoms with Gasteiger partial charge < -0.3 is 9.80 Å². The van der Waals surface area contributed by atoms with Gasteiger partial charge >= 0.3 is 0 Å². The third-order valence-corrected chi connectivity index (χ3v) is 4.53. The van der Waals surface area contributed by atoms with E-state index in [9.17, 15) is 9.59 Å². The number of carbonyl (C=O) groups excluding carboxylic acids is 1. The number of nitrogens with zero attached hydrogens (tertiary/aromatic N) is 4. The first kappa shape index (κ1) is 17.5. The van der Waals surface area contributed by atoms with Crippen LogP contribution in [0.2, 0.25) is 5.02 Å². The summed E-state index contributed by atoms with van der Waals surface area (Å²) in [6, 6.07) is 10.2. The maximum Gasteiger partial charge on any atom is 0.271 e. The summed E-state index contributed by atoms with van der Waals surface area (Å²) in [4.78, 5) is 28.1. The minimum Gasteiger partial charge on any atom is -0.352 e. The quantitative estimate of drug-likeness (QED) is 0.839. The van der Waals surface area contributed by atoms with Gasteiger partial charge in [0.15, 0.2) is 0 Å². The van der Waals surface area contributed by atoms with E-state index in [1.165, 1.54) is 10.7 Å². The van der Waals surface area contributed by atoms with Crippen LogP contribution in [0.1, 0.15) is 19.8 Å². The lowest BCUT2D eigenvalue weighted by molar-refractivity contribution is -0.131. The first-order valence-electron chi connectivity index (χ1n) is 8.47. The van der Waals surface area contributed by atoms with Gasteiger partial charge in [-0.05, 0) is 36.8 Å². The minimum atomic E-state index is -0.192. The molecule has 1 fully saturated rings. The number of anilines is 1. The minimum absolute atomic E-state index is 0.192. The molecule has 0 bridgehead atoms. The second-order valence-electron chi connectivity index (χ2n) is 6.04. The smallest absolute Gasteiger partial charge is 0.271 e. The van der Waals surface area contributed by atoms with Crippen molar-refractivity contribution in [1.29, 1.82) is 0 Å². The van der Waals surface area contributed by atoms with Crippen molar-refractivity contribution in [1.82, 2.24) is 14.7 Å². The summed E-state index contributed by atoms with van der Waals surface area (Å²) in [6.07, 6.45) is 1.46. The van der Waals surface area contributed by atoms with Crippen molar-refractivity contribution in [3.63, 3.8) is 0 Å². The molecule has 132 valence electrons. The van der Waals surface area contributed by atoms with Gasteiger partial charge in [0.1, 0.15) is 5.82 Å². The zero-order valence-corrected chi connectivity index (χ0v) is 14.9. The van der Waals surface area contributed by atoms with Crippen LogP contribution >= 0.6 is 11.6 Å². The molecule has 0 aliphatic carbocycles. The molecular weight excluding hydrogens is 340 g/mol. The third kappa shape index (κ3) is 4.02. The molecule has 0 N–H and O–H groups in total. The van der Waals surface area contributed by atoms with Gasteiger partial charge in [-0.15, -0.1) is 5.10 Å². The summed E-state index contributed by atoms with van der Waals surface area (Å²) in [7, 11) is 0. The summed E-state index contributed by atoms with van der Waals surface area (Å²) in [5.74, 6) is 0.943. The van der Waals surface area contributed by atoms with E-state index in [1.54, 1.807) is 30.3 Å². The molecule has 2 aromatic rings. The Morgan fingerprint density at radius 2 is 1.76 bits per heavy atom. The number of rotatable bonds is 4. The molecule has 1 amide bonds. The van der Waals surface area contributed by atoms with Crippen molar-refractivity contribution in [2.45, 2.75) is 19.8 Å². The SMILES string of the molecule is CCCC(=O)N1CCN(c2ccc(=O)n(-c3ccc(Cl)cc3)n2)CC1. The average Bonchev–Trinajstić information content (AvgIpc) is 2.63. The highest BCUT2D eigenvalue weighted by molar-refractivity contribution is 6.30. The standard InChI is InChI=1S/C18H21ClN4O2/c1-2-3-17(24)22-12-10-21(11-13-22)16-8-9-18(25)23(20-16)15-6-4-14(19)5-7-15/h4-9H,2-3,10-13H2,1H3. The first-order chi connectivity index (χ1) is 12.1. The van der Waals surface area contributed by atoms with Crippen molar-refractivity contribution in [3.05, 3.63) is 51.8 Å². The fourth-order valence-electron chi connectivity index (χ4n) is 2.89. The van der Waals surface area contributed by atoms with Gasteiger partial charge in [-0.2, -0.15) is 4.68 Å². The molecule has 2 heterocycles. The van der Waals surface area contributed by atoms with Crippen LogP contribution in [0.3, 0.4) is 0 Å². The van der Waals surface area contributed by atoms with Gasteiger partial charge in [-0.25, -0.2) is 0 Å². The molecule has 1 saturated heterocycles. The van der Waals surface area contributed by atoms with E-state index in [0.717, 1.165) is 12.2 Å². The molecule has 0 unspecified atom stereocenters. The molecule has 1 aromatic heterocycles. The zero-order chi connectivity index (χ0) is 17.8. The summed E-state index contributed by atoms with van der Waals surface area (Å²) < 4.78 is 1.38. The van der Waals surface area contributed by atoms with Crippen LogP contribution in [0.15, 0.2) is 41.2 Å². The second-order valence-corrected chi connectivity index (χ2v) is 6.47. The van der Waals surface area contributed by atoms with Gasteiger partial charge in [0, 0.05) is 43.7 Å². The Morgan fingerprint density at radius 1 is 1.08 bits per heavy atom. The third-order valence-electron chi connectivity index (χ3n) is 4.28. The van der Waals surface area contributed by atoms with Crippen LogP contribution in [0.4, 0.5) is 5.82 Å². The van der Waals surface area contributed by atoms with Gasteiger partial charge in [-0.1, -0.05) is 18.5 Å². The Hall–Kier alpha value is -2.34. The van der Waals surface area contributed by atoms with E-state index in [1.807, 2.05) is 11.8 Å². The summed E-state index contributed by atoms with van der Waals surface area (Å²) >= 11 is 5.91. The Labute approximate surface area is 151 Å². The van der Waals surface area contributed by atoms with Crippen LogP contribution in [0.25, 0.3) is 5.69 Å². The molecule has 3 rings (SSSR count). The largest absolute Gasteiger partial charge is 0.352 e. The fourth-order valence-corrected chi connectivity index (χ4v) is 3.02. The maximum atomic E-state index is 12.1. The van der Waals surface area contributed by atoms with Crippen LogP contribution in [-0.4, -0.2) is 46.8 Å². The molecule has 1 aliphatic rings. The van der Waals surface area contributed by atoms with Crippen molar-refractivity contribution in [2.75, 3.05) is 31.1 Å². The Morgan fingerprint density at radius 3 is 2.40 bits per heavy atom. The molecule has 0 radical (unpaired) electrons. The van der Waals surface area contributed by atoms with Gasteiger partial charge in [0.05, 0.1) is 5.69 Å². The van der Waals surface area contributed by atoms with Crippen molar-refractivity contribution in [2.24, 2.45) is 0 Å². The molecule has 1 aromatic carbocycles. The number of hydrogen-bond acceptors (Lipinski definition) is 4. The number of halogens is 1. The Bertz CT molecular complexity index is 795. The lowest BCUT2D eigenvalue weighted by atomic mass is 10.2. The van der Waals surface area contributed by atoms with Crippen LogP contribution in [0, 0.1) is 0 Å². The molecule has 7 heteroatoms. The average molecular weight is 361 g/mol. The Balaban J connectivity index is 1.76. The monoisotopic (exact) mass is 360 g/mol. The van der Waals surface area contributed by atoms with Crippen LogP contribution < -0.4 is 10.5 Å². The predicted octanol–water partition coefficient (Wildman–Crippen LogP) is 2.33. The van der Waals surface area contributed by atoms with Crippen LogP contribution in [0.5, 0.6) is 0 Å². The number of amides is 1. The molecule has 0 spiro atoms. The van der Waals surface area contributed by atoms with Crippen LogP contribution in [-0.2, 0) is 4.79 Å².